The minimum Gasteiger partial charge on any atom is -0.374 e. The topological polar surface area (TPSA) is 18.5 Å². The summed E-state index contributed by atoms with van der Waals surface area (Å²) in [7, 11) is 0. The highest BCUT2D eigenvalue weighted by Gasteiger charge is 2.53. The van der Waals surface area contributed by atoms with Gasteiger partial charge in [-0.3, -0.25) is 0 Å². The van der Waals surface area contributed by atoms with Gasteiger partial charge in [-0.15, -0.1) is 0 Å². The molecule has 3 heteroatoms. The van der Waals surface area contributed by atoms with E-state index in [1.807, 2.05) is 0 Å². The highest BCUT2D eigenvalue weighted by molar-refractivity contribution is 9.09. The van der Waals surface area contributed by atoms with E-state index in [1.165, 1.54) is 12.0 Å². The van der Waals surface area contributed by atoms with Crippen LogP contribution in [0.5, 0.6) is 0 Å². The Hall–Kier alpha value is 0.140. The van der Waals surface area contributed by atoms with Gasteiger partial charge >= 0.3 is 0 Å². The Bertz CT molecular complexity index is 377. The molecule has 0 amide bonds. The Labute approximate surface area is 118 Å². The summed E-state index contributed by atoms with van der Waals surface area (Å²) in [6.07, 6.45) is 6.07. The summed E-state index contributed by atoms with van der Waals surface area (Å²) >= 11 is 3.88. The van der Waals surface area contributed by atoms with E-state index in [4.69, 9.17) is 9.47 Å². The van der Waals surface area contributed by atoms with Crippen LogP contribution in [0.1, 0.15) is 40.0 Å². The first-order chi connectivity index (χ1) is 8.43. The van der Waals surface area contributed by atoms with Gasteiger partial charge in [-0.05, 0) is 43.1 Å². The summed E-state index contributed by atoms with van der Waals surface area (Å²) < 4.78 is 12.0. The molecule has 102 valence electrons. The smallest absolute Gasteiger partial charge is 0.105 e. The quantitative estimate of drug-likeness (QED) is 0.501. The van der Waals surface area contributed by atoms with Crippen molar-refractivity contribution in [1.29, 1.82) is 0 Å². The zero-order valence-electron chi connectivity index (χ0n) is 11.5. The van der Waals surface area contributed by atoms with Crippen LogP contribution in [0.2, 0.25) is 0 Å². The average molecular weight is 315 g/mol. The summed E-state index contributed by atoms with van der Waals surface area (Å²) in [4.78, 5) is 0.597. The predicted molar refractivity (Wildman–Crippen MR) is 76.0 cm³/mol. The number of hydrogen-bond acceptors (Lipinski definition) is 2. The van der Waals surface area contributed by atoms with Gasteiger partial charge in [0.25, 0.3) is 0 Å². The third kappa shape index (κ3) is 1.90. The molecule has 4 atom stereocenters. The highest BCUT2D eigenvalue weighted by atomic mass is 79.9. The largest absolute Gasteiger partial charge is 0.374 e. The monoisotopic (exact) mass is 314 g/mol. The lowest BCUT2D eigenvalue weighted by Crippen LogP contribution is -2.53. The number of allylic oxidation sites excluding steroid dienone is 1. The van der Waals surface area contributed by atoms with Crippen LogP contribution >= 0.6 is 15.9 Å². The second kappa shape index (κ2) is 4.32. The number of halogens is 1. The normalized spacial score (nSPS) is 46.9. The molecule has 0 radical (unpaired) electrons. The molecule has 2 aliphatic heterocycles. The minimum atomic E-state index is 0.00435. The third-order valence-electron chi connectivity index (χ3n) is 5.32. The molecule has 18 heavy (non-hydrogen) atoms. The van der Waals surface area contributed by atoms with Crippen molar-refractivity contribution in [2.24, 2.45) is 11.3 Å². The van der Waals surface area contributed by atoms with E-state index in [0.29, 0.717) is 10.7 Å². The Morgan fingerprint density at radius 2 is 2.11 bits per heavy atom. The lowest BCUT2D eigenvalue weighted by molar-refractivity contribution is -0.150. The van der Waals surface area contributed by atoms with Gasteiger partial charge in [0, 0.05) is 4.83 Å². The molecule has 2 fully saturated rings. The van der Waals surface area contributed by atoms with Crippen LogP contribution in [0.25, 0.3) is 0 Å². The molecule has 2 nitrogen and oxygen atoms in total. The van der Waals surface area contributed by atoms with E-state index in [0.717, 1.165) is 26.1 Å². The van der Waals surface area contributed by atoms with Crippen LogP contribution in [-0.4, -0.2) is 29.7 Å². The zero-order chi connectivity index (χ0) is 13.0. The van der Waals surface area contributed by atoms with Gasteiger partial charge in [-0.25, -0.2) is 0 Å². The van der Waals surface area contributed by atoms with Crippen molar-refractivity contribution in [1.82, 2.24) is 0 Å². The molecule has 0 N–H and O–H groups in total. The SMILES string of the molecule is CC12CCC(Br)C(C)(C)C1CC=C1COCC1O2. The molecule has 0 spiro atoms. The molecule has 3 rings (SSSR count). The molecule has 0 aromatic carbocycles. The first kappa shape index (κ1) is 13.1. The Balaban J connectivity index is 1.94. The van der Waals surface area contributed by atoms with Crippen LogP contribution < -0.4 is 0 Å². The second-order valence-corrected chi connectivity index (χ2v) is 7.93. The number of fused-ring (bicyclic) bond motifs is 2. The van der Waals surface area contributed by atoms with Gasteiger partial charge in [0.2, 0.25) is 0 Å². The van der Waals surface area contributed by atoms with Crippen molar-refractivity contribution in [3.05, 3.63) is 11.6 Å². The first-order valence-corrected chi connectivity index (χ1v) is 7.93. The fraction of sp³-hybridized carbons (Fsp3) is 0.867. The minimum absolute atomic E-state index is 0.00435. The Kier molecular flexibility index (Phi) is 3.15. The van der Waals surface area contributed by atoms with Gasteiger partial charge < -0.3 is 9.47 Å². The van der Waals surface area contributed by atoms with Crippen molar-refractivity contribution < 1.29 is 9.47 Å². The maximum Gasteiger partial charge on any atom is 0.105 e. The van der Waals surface area contributed by atoms with Crippen LogP contribution in [-0.2, 0) is 9.47 Å². The Morgan fingerprint density at radius 1 is 1.33 bits per heavy atom. The summed E-state index contributed by atoms with van der Waals surface area (Å²) in [6.45, 7) is 8.59. The van der Waals surface area contributed by atoms with Crippen molar-refractivity contribution in [2.75, 3.05) is 13.2 Å². The van der Waals surface area contributed by atoms with Crippen molar-refractivity contribution in [3.8, 4) is 0 Å². The van der Waals surface area contributed by atoms with E-state index in [-0.39, 0.29) is 17.1 Å². The Morgan fingerprint density at radius 3 is 2.89 bits per heavy atom. The van der Waals surface area contributed by atoms with E-state index in [2.05, 4.69) is 42.8 Å². The van der Waals surface area contributed by atoms with Crippen LogP contribution in [0, 0.1) is 11.3 Å². The molecule has 1 saturated carbocycles. The number of hydrogen-bond donors (Lipinski definition) is 0. The second-order valence-electron chi connectivity index (χ2n) is 6.83. The van der Waals surface area contributed by atoms with Gasteiger partial charge in [0.1, 0.15) is 6.10 Å². The zero-order valence-corrected chi connectivity index (χ0v) is 13.1. The average Bonchev–Trinajstić information content (AvgIpc) is 2.66. The molecule has 3 aliphatic rings. The molecule has 0 aromatic rings. The molecular weight excluding hydrogens is 292 g/mol. The van der Waals surface area contributed by atoms with Crippen LogP contribution in [0.4, 0.5) is 0 Å². The van der Waals surface area contributed by atoms with Gasteiger partial charge in [-0.1, -0.05) is 35.9 Å². The molecular formula is C15H23BrO2. The maximum absolute atomic E-state index is 6.50. The summed E-state index contributed by atoms with van der Waals surface area (Å²) in [5.74, 6) is 0.584. The van der Waals surface area contributed by atoms with E-state index in [9.17, 15) is 0 Å². The number of alkyl halides is 1. The lowest BCUT2D eigenvalue weighted by Gasteiger charge is -2.52. The molecule has 1 aliphatic carbocycles. The van der Waals surface area contributed by atoms with E-state index >= 15 is 0 Å². The van der Waals surface area contributed by atoms with Crippen LogP contribution in [0.15, 0.2) is 11.6 Å². The molecule has 0 aromatic heterocycles. The molecule has 2 heterocycles. The number of ether oxygens (including phenoxy) is 2. The standard InChI is InChI=1S/C15H23BrO2/c1-14(2)12-5-4-10-8-17-9-11(10)18-15(12,3)7-6-13(14)16/h4,11-13H,5-9H2,1-3H3. The van der Waals surface area contributed by atoms with Crippen LogP contribution in [0.3, 0.4) is 0 Å². The van der Waals surface area contributed by atoms with Gasteiger partial charge in [0.15, 0.2) is 0 Å². The summed E-state index contributed by atoms with van der Waals surface area (Å²) in [5, 5.41) is 0. The summed E-state index contributed by atoms with van der Waals surface area (Å²) in [6, 6.07) is 0. The molecule has 4 unspecified atom stereocenters. The molecule has 1 saturated heterocycles. The van der Waals surface area contributed by atoms with Gasteiger partial charge in [0.05, 0.1) is 18.8 Å². The van der Waals surface area contributed by atoms with Crippen molar-refractivity contribution >= 4 is 15.9 Å². The van der Waals surface area contributed by atoms with Gasteiger partial charge in [-0.2, -0.15) is 0 Å². The fourth-order valence-electron chi connectivity index (χ4n) is 4.04. The third-order valence-corrected chi connectivity index (χ3v) is 6.95. The summed E-state index contributed by atoms with van der Waals surface area (Å²) in [5.41, 5.74) is 1.65. The van der Waals surface area contributed by atoms with Crippen molar-refractivity contribution in [2.45, 2.75) is 56.6 Å². The lowest BCUT2D eigenvalue weighted by atomic mass is 9.60. The fourth-order valence-corrected chi connectivity index (χ4v) is 4.58. The maximum atomic E-state index is 6.50. The highest BCUT2D eigenvalue weighted by Crippen LogP contribution is 2.54. The predicted octanol–water partition coefficient (Wildman–Crippen LogP) is 3.69. The number of rotatable bonds is 0. The molecule has 0 bridgehead atoms. The van der Waals surface area contributed by atoms with E-state index < -0.39 is 0 Å². The van der Waals surface area contributed by atoms with Crippen molar-refractivity contribution in [3.63, 3.8) is 0 Å². The van der Waals surface area contributed by atoms with E-state index in [1.54, 1.807) is 0 Å². The first-order valence-electron chi connectivity index (χ1n) is 7.02.